The van der Waals surface area contributed by atoms with Gasteiger partial charge in [-0.25, -0.2) is 9.97 Å². The van der Waals surface area contributed by atoms with E-state index in [4.69, 9.17) is 4.74 Å². The van der Waals surface area contributed by atoms with E-state index in [9.17, 15) is 0 Å². The van der Waals surface area contributed by atoms with Crippen LogP contribution in [0.1, 0.15) is 12.6 Å². The Morgan fingerprint density at radius 3 is 2.95 bits per heavy atom. The van der Waals surface area contributed by atoms with Crippen LogP contribution in [0.25, 0.3) is 0 Å². The molecule has 6 nitrogen and oxygen atoms in total. The van der Waals surface area contributed by atoms with Crippen LogP contribution in [0.4, 0.5) is 5.95 Å². The Hall–Kier alpha value is -1.82. The van der Waals surface area contributed by atoms with Gasteiger partial charge in [0.1, 0.15) is 0 Å². The Morgan fingerprint density at radius 2 is 2.26 bits per heavy atom. The first-order valence-electron chi connectivity index (χ1n) is 6.44. The van der Waals surface area contributed by atoms with Crippen molar-refractivity contribution in [2.75, 3.05) is 19.0 Å². The average molecular weight is 263 g/mol. The average Bonchev–Trinajstić information content (AvgIpc) is 2.97. The third-order valence-corrected chi connectivity index (χ3v) is 2.85. The Kier molecular flexibility index (Phi) is 4.57. The van der Waals surface area contributed by atoms with E-state index < -0.39 is 0 Å². The molecular formula is C13H21N5O. The molecule has 6 heteroatoms. The van der Waals surface area contributed by atoms with Gasteiger partial charge < -0.3 is 19.2 Å². The number of aromatic nitrogens is 4. The van der Waals surface area contributed by atoms with Gasteiger partial charge in [0.2, 0.25) is 5.95 Å². The highest BCUT2D eigenvalue weighted by Gasteiger charge is 2.08. The maximum Gasteiger partial charge on any atom is 0.203 e. The number of ether oxygens (including phenoxy) is 1. The molecule has 0 bridgehead atoms. The fourth-order valence-electron chi connectivity index (χ4n) is 1.99. The first-order chi connectivity index (χ1) is 9.19. The van der Waals surface area contributed by atoms with E-state index in [2.05, 4.69) is 37.5 Å². The van der Waals surface area contributed by atoms with Crippen LogP contribution in [0.3, 0.4) is 0 Å². The third kappa shape index (κ3) is 3.82. The van der Waals surface area contributed by atoms with Crippen molar-refractivity contribution in [2.24, 2.45) is 0 Å². The van der Waals surface area contributed by atoms with Gasteiger partial charge >= 0.3 is 0 Å². The number of aryl methyl sites for hydroxylation is 3. The van der Waals surface area contributed by atoms with E-state index in [-0.39, 0.29) is 6.04 Å². The fraction of sp³-hybridized carbons (Fsp3) is 0.538. The van der Waals surface area contributed by atoms with Gasteiger partial charge in [-0.2, -0.15) is 0 Å². The van der Waals surface area contributed by atoms with Crippen LogP contribution in [-0.4, -0.2) is 38.9 Å². The molecule has 0 aliphatic rings. The molecule has 0 aliphatic carbocycles. The monoisotopic (exact) mass is 263 g/mol. The van der Waals surface area contributed by atoms with E-state index in [1.165, 1.54) is 0 Å². The first-order valence-corrected chi connectivity index (χ1v) is 6.44. The predicted molar refractivity (Wildman–Crippen MR) is 74.2 cm³/mol. The maximum atomic E-state index is 5.13. The van der Waals surface area contributed by atoms with Crippen molar-refractivity contribution in [2.45, 2.75) is 33.0 Å². The van der Waals surface area contributed by atoms with Crippen LogP contribution in [-0.2, 0) is 17.8 Å². The summed E-state index contributed by atoms with van der Waals surface area (Å²) in [5.74, 6) is 0.891. The van der Waals surface area contributed by atoms with E-state index >= 15 is 0 Å². The maximum absolute atomic E-state index is 5.13. The van der Waals surface area contributed by atoms with Gasteiger partial charge in [-0.15, -0.1) is 0 Å². The molecule has 1 N–H and O–H groups in total. The quantitative estimate of drug-likeness (QED) is 0.823. The number of methoxy groups -OCH3 is 1. The SMILES string of the molecule is COCC(C)Nc1nc(C)cn1CCn1ccnc1. The molecule has 1 atom stereocenters. The molecule has 0 radical (unpaired) electrons. The molecule has 0 amide bonds. The van der Waals surface area contributed by atoms with Gasteiger partial charge in [-0.05, 0) is 13.8 Å². The number of imidazole rings is 2. The summed E-state index contributed by atoms with van der Waals surface area (Å²) in [7, 11) is 1.70. The summed E-state index contributed by atoms with van der Waals surface area (Å²) in [6, 6.07) is 0.235. The van der Waals surface area contributed by atoms with Gasteiger partial charge in [0.05, 0.1) is 18.6 Å². The number of hydrogen-bond acceptors (Lipinski definition) is 4. The smallest absolute Gasteiger partial charge is 0.203 e. The molecule has 0 saturated heterocycles. The minimum absolute atomic E-state index is 0.235. The molecule has 0 fully saturated rings. The molecule has 0 spiro atoms. The van der Waals surface area contributed by atoms with E-state index in [0.717, 1.165) is 24.7 Å². The van der Waals surface area contributed by atoms with Crippen molar-refractivity contribution in [3.63, 3.8) is 0 Å². The highest BCUT2D eigenvalue weighted by Crippen LogP contribution is 2.10. The molecule has 2 aromatic rings. The van der Waals surface area contributed by atoms with Gasteiger partial charge in [0.15, 0.2) is 0 Å². The predicted octanol–water partition coefficient (Wildman–Crippen LogP) is 1.54. The lowest BCUT2D eigenvalue weighted by Gasteiger charge is -2.15. The van der Waals surface area contributed by atoms with Crippen LogP contribution in [0, 0.1) is 6.92 Å². The zero-order valence-corrected chi connectivity index (χ0v) is 11.7. The van der Waals surface area contributed by atoms with Crippen LogP contribution >= 0.6 is 0 Å². The number of nitrogens with one attached hydrogen (secondary N) is 1. The molecule has 104 valence electrons. The van der Waals surface area contributed by atoms with Gasteiger partial charge in [-0.3, -0.25) is 0 Å². The van der Waals surface area contributed by atoms with Crippen molar-refractivity contribution in [1.82, 2.24) is 19.1 Å². The second-order valence-corrected chi connectivity index (χ2v) is 4.70. The highest BCUT2D eigenvalue weighted by molar-refractivity contribution is 5.30. The lowest BCUT2D eigenvalue weighted by Crippen LogP contribution is -2.23. The molecule has 2 rings (SSSR count). The largest absolute Gasteiger partial charge is 0.383 e. The summed E-state index contributed by atoms with van der Waals surface area (Å²) < 4.78 is 9.31. The topological polar surface area (TPSA) is 56.9 Å². The van der Waals surface area contributed by atoms with Crippen LogP contribution in [0.2, 0.25) is 0 Å². The Labute approximate surface area is 113 Å². The molecule has 0 saturated carbocycles. The standard InChI is InChI=1S/C13H21N5O/c1-11-8-18(7-6-17-5-4-14-10-17)13(15-11)16-12(2)9-19-3/h4-5,8,10,12H,6-7,9H2,1-3H3,(H,15,16). The van der Waals surface area contributed by atoms with Crippen molar-refractivity contribution in [3.05, 3.63) is 30.6 Å². The summed E-state index contributed by atoms with van der Waals surface area (Å²) >= 11 is 0. The Morgan fingerprint density at radius 1 is 1.42 bits per heavy atom. The van der Waals surface area contributed by atoms with E-state index in [0.29, 0.717) is 6.61 Å². The molecule has 2 aromatic heterocycles. The first kappa shape index (κ1) is 13.6. The second kappa shape index (κ2) is 6.38. The summed E-state index contributed by atoms with van der Waals surface area (Å²) in [5, 5.41) is 3.36. The zero-order valence-electron chi connectivity index (χ0n) is 11.7. The highest BCUT2D eigenvalue weighted by atomic mass is 16.5. The van der Waals surface area contributed by atoms with Crippen LogP contribution in [0.15, 0.2) is 24.9 Å². The lowest BCUT2D eigenvalue weighted by atomic mass is 10.4. The number of anilines is 1. The second-order valence-electron chi connectivity index (χ2n) is 4.70. The van der Waals surface area contributed by atoms with Gasteiger partial charge in [0.25, 0.3) is 0 Å². The fourth-order valence-corrected chi connectivity index (χ4v) is 1.99. The molecule has 0 aliphatic heterocycles. The Bertz CT molecular complexity index is 491. The number of nitrogens with zero attached hydrogens (tertiary/aromatic N) is 4. The van der Waals surface area contributed by atoms with Crippen molar-refractivity contribution in [3.8, 4) is 0 Å². The van der Waals surface area contributed by atoms with E-state index in [1.807, 2.05) is 19.4 Å². The number of rotatable bonds is 7. The normalized spacial score (nSPS) is 12.6. The van der Waals surface area contributed by atoms with Crippen molar-refractivity contribution < 1.29 is 4.74 Å². The summed E-state index contributed by atoms with van der Waals surface area (Å²) in [6.45, 7) is 6.48. The summed E-state index contributed by atoms with van der Waals surface area (Å²) in [4.78, 5) is 8.54. The number of hydrogen-bond donors (Lipinski definition) is 1. The summed E-state index contributed by atoms with van der Waals surface area (Å²) in [5.41, 5.74) is 1.01. The Balaban J connectivity index is 1.99. The molecule has 0 aromatic carbocycles. The van der Waals surface area contributed by atoms with E-state index in [1.54, 1.807) is 13.3 Å². The van der Waals surface area contributed by atoms with Crippen molar-refractivity contribution in [1.29, 1.82) is 0 Å². The van der Waals surface area contributed by atoms with Gasteiger partial charge in [-0.1, -0.05) is 0 Å². The van der Waals surface area contributed by atoms with Crippen LogP contribution in [0.5, 0.6) is 0 Å². The minimum atomic E-state index is 0.235. The lowest BCUT2D eigenvalue weighted by molar-refractivity contribution is 0.190. The van der Waals surface area contributed by atoms with Gasteiger partial charge in [0, 0.05) is 44.8 Å². The molecule has 19 heavy (non-hydrogen) atoms. The minimum Gasteiger partial charge on any atom is -0.383 e. The summed E-state index contributed by atoms with van der Waals surface area (Å²) in [6.07, 6.45) is 7.63. The third-order valence-electron chi connectivity index (χ3n) is 2.85. The van der Waals surface area contributed by atoms with Crippen LogP contribution < -0.4 is 5.32 Å². The molecule has 1 unspecified atom stereocenters. The van der Waals surface area contributed by atoms with Crippen molar-refractivity contribution >= 4 is 5.95 Å². The zero-order chi connectivity index (χ0) is 13.7. The molecular weight excluding hydrogens is 242 g/mol. The molecule has 2 heterocycles.